The molecule has 0 radical (unpaired) electrons. The molecule has 26 heavy (non-hydrogen) atoms. The molecule has 1 aliphatic rings. The normalized spacial score (nSPS) is 16.0. The minimum absolute atomic E-state index is 0.0356. The van der Waals surface area contributed by atoms with E-state index in [1.807, 2.05) is 48.5 Å². The average molecular weight is 367 g/mol. The Morgan fingerprint density at radius 2 is 1.81 bits per heavy atom. The summed E-state index contributed by atoms with van der Waals surface area (Å²) >= 11 is 0.911. The first kappa shape index (κ1) is 18.3. The number of benzene rings is 2. The Morgan fingerprint density at radius 3 is 2.42 bits per heavy atom. The van der Waals surface area contributed by atoms with E-state index in [0.29, 0.717) is 17.3 Å². The molecular weight excluding hydrogens is 346 g/mol. The van der Waals surface area contributed by atoms with Crippen LogP contribution < -0.4 is 10.1 Å². The van der Waals surface area contributed by atoms with Crippen molar-refractivity contribution < 1.29 is 14.3 Å². The summed E-state index contributed by atoms with van der Waals surface area (Å²) in [6, 6.07) is 15.9. The lowest BCUT2D eigenvalue weighted by Gasteiger charge is -2.21. The minimum Gasteiger partial charge on any atom is -0.488 e. The van der Waals surface area contributed by atoms with Crippen molar-refractivity contribution in [2.24, 2.45) is 0 Å². The van der Waals surface area contributed by atoms with E-state index in [-0.39, 0.29) is 16.6 Å². The molecular formula is C21H21NO3S. The molecule has 1 saturated heterocycles. The molecule has 0 aromatic heterocycles. The second-order valence-electron chi connectivity index (χ2n) is 7.13. The van der Waals surface area contributed by atoms with Crippen LogP contribution in [-0.4, -0.2) is 11.1 Å². The number of hydrogen-bond donors (Lipinski definition) is 1. The molecule has 0 saturated carbocycles. The molecule has 0 atom stereocenters. The van der Waals surface area contributed by atoms with Gasteiger partial charge < -0.3 is 4.74 Å². The summed E-state index contributed by atoms with van der Waals surface area (Å²) in [5, 5.41) is 1.94. The highest BCUT2D eigenvalue weighted by Gasteiger charge is 2.26. The summed E-state index contributed by atoms with van der Waals surface area (Å²) < 4.78 is 5.99. The van der Waals surface area contributed by atoms with Gasteiger partial charge in [-0.05, 0) is 46.5 Å². The zero-order chi connectivity index (χ0) is 18.7. The molecule has 3 rings (SSSR count). The summed E-state index contributed by atoms with van der Waals surface area (Å²) in [4.78, 5) is 23.7. The van der Waals surface area contributed by atoms with Crippen LogP contribution in [0.4, 0.5) is 4.79 Å². The lowest BCUT2D eigenvalue weighted by atomic mass is 9.86. The van der Waals surface area contributed by atoms with E-state index in [1.165, 1.54) is 0 Å². The van der Waals surface area contributed by atoms with Crippen LogP contribution in [0.3, 0.4) is 0 Å². The fraction of sp³-hybridized carbons (Fsp3) is 0.238. The van der Waals surface area contributed by atoms with E-state index < -0.39 is 0 Å². The summed E-state index contributed by atoms with van der Waals surface area (Å²) in [5.41, 5.74) is 2.95. The van der Waals surface area contributed by atoms with Gasteiger partial charge in [0.1, 0.15) is 12.4 Å². The maximum atomic E-state index is 11.9. The largest absolute Gasteiger partial charge is 0.488 e. The molecule has 1 fully saturated rings. The Bertz CT molecular complexity index is 867. The molecule has 0 spiro atoms. The van der Waals surface area contributed by atoms with Gasteiger partial charge in [0, 0.05) is 5.56 Å². The average Bonchev–Trinajstić information content (AvgIpc) is 2.91. The summed E-state index contributed by atoms with van der Waals surface area (Å²) in [6.07, 6.45) is 1.72. The van der Waals surface area contributed by atoms with E-state index in [0.717, 1.165) is 28.5 Å². The van der Waals surface area contributed by atoms with Gasteiger partial charge in [-0.1, -0.05) is 57.2 Å². The van der Waals surface area contributed by atoms with Gasteiger partial charge in [-0.15, -0.1) is 0 Å². The van der Waals surface area contributed by atoms with Gasteiger partial charge in [0.2, 0.25) is 0 Å². The Kier molecular flexibility index (Phi) is 5.18. The van der Waals surface area contributed by atoms with E-state index in [1.54, 1.807) is 6.08 Å². The molecule has 2 aromatic rings. The van der Waals surface area contributed by atoms with Gasteiger partial charge in [0.15, 0.2) is 0 Å². The predicted molar refractivity (Wildman–Crippen MR) is 105 cm³/mol. The van der Waals surface area contributed by atoms with Crippen molar-refractivity contribution >= 4 is 29.0 Å². The van der Waals surface area contributed by atoms with Gasteiger partial charge in [-0.3, -0.25) is 14.9 Å². The van der Waals surface area contributed by atoms with Crippen LogP contribution in [0.15, 0.2) is 53.4 Å². The molecule has 134 valence electrons. The Labute approximate surface area is 157 Å². The van der Waals surface area contributed by atoms with Gasteiger partial charge in [-0.2, -0.15) is 0 Å². The molecule has 1 N–H and O–H groups in total. The van der Waals surface area contributed by atoms with E-state index in [9.17, 15) is 9.59 Å². The number of rotatable bonds is 4. The first-order valence-electron chi connectivity index (χ1n) is 8.39. The van der Waals surface area contributed by atoms with Crippen LogP contribution in [0.25, 0.3) is 6.08 Å². The van der Waals surface area contributed by atoms with E-state index >= 15 is 0 Å². The van der Waals surface area contributed by atoms with Gasteiger partial charge in [0.25, 0.3) is 11.1 Å². The summed E-state index contributed by atoms with van der Waals surface area (Å²) in [6.45, 7) is 6.82. The van der Waals surface area contributed by atoms with Crippen molar-refractivity contribution in [3.8, 4) is 5.75 Å². The molecule has 1 heterocycles. The second-order valence-corrected chi connectivity index (χ2v) is 8.14. The molecule has 4 nitrogen and oxygen atoms in total. The number of nitrogens with one attached hydrogen (secondary N) is 1. The van der Waals surface area contributed by atoms with Gasteiger partial charge in [0.05, 0.1) is 4.91 Å². The van der Waals surface area contributed by atoms with E-state index in [2.05, 4.69) is 26.1 Å². The molecule has 0 bridgehead atoms. The zero-order valence-corrected chi connectivity index (χ0v) is 15.9. The smallest absolute Gasteiger partial charge is 0.290 e. The van der Waals surface area contributed by atoms with Crippen LogP contribution in [-0.2, 0) is 16.8 Å². The highest BCUT2D eigenvalue weighted by molar-refractivity contribution is 8.18. The number of imide groups is 1. The number of carbonyl (C=O) groups excluding carboxylic acids is 2. The molecule has 0 aliphatic carbocycles. The molecule has 5 heteroatoms. The van der Waals surface area contributed by atoms with Crippen molar-refractivity contribution in [3.05, 3.63) is 70.1 Å². The Morgan fingerprint density at radius 1 is 1.08 bits per heavy atom. The number of thioether (sulfide) groups is 1. The van der Waals surface area contributed by atoms with Gasteiger partial charge in [-0.25, -0.2) is 0 Å². The van der Waals surface area contributed by atoms with Crippen molar-refractivity contribution in [2.45, 2.75) is 32.8 Å². The first-order valence-corrected chi connectivity index (χ1v) is 9.21. The van der Waals surface area contributed by atoms with Crippen LogP contribution in [0.5, 0.6) is 5.75 Å². The first-order chi connectivity index (χ1) is 12.3. The summed E-state index contributed by atoms with van der Waals surface area (Å²) in [5.74, 6) is 0.317. The van der Waals surface area contributed by atoms with Crippen molar-refractivity contribution in [3.63, 3.8) is 0 Å². The molecule has 0 unspecified atom stereocenters. The molecule has 1 aliphatic heterocycles. The third-order valence-corrected chi connectivity index (χ3v) is 4.85. The highest BCUT2D eigenvalue weighted by atomic mass is 32.2. The highest BCUT2D eigenvalue weighted by Crippen LogP contribution is 2.33. The number of hydrogen-bond acceptors (Lipinski definition) is 4. The van der Waals surface area contributed by atoms with Crippen LogP contribution in [0.2, 0.25) is 0 Å². The topological polar surface area (TPSA) is 55.4 Å². The standard InChI is InChI=1S/C21H21NO3S/c1-21(2,3)16-9-10-17(25-13-14-7-5-4-6-8-14)15(11-16)12-18-19(23)22-20(24)26-18/h4-12H,13H2,1-3H3,(H,22,23,24)/b18-12-. The fourth-order valence-corrected chi connectivity index (χ4v) is 3.23. The lowest BCUT2D eigenvalue weighted by molar-refractivity contribution is -0.115. The van der Waals surface area contributed by atoms with Crippen molar-refractivity contribution in [2.75, 3.05) is 0 Å². The zero-order valence-electron chi connectivity index (χ0n) is 15.0. The maximum Gasteiger partial charge on any atom is 0.290 e. The summed E-state index contributed by atoms with van der Waals surface area (Å²) in [7, 11) is 0. The monoisotopic (exact) mass is 367 g/mol. The predicted octanol–water partition coefficient (Wildman–Crippen LogP) is 4.89. The Hall–Kier alpha value is -2.53. The van der Waals surface area contributed by atoms with Gasteiger partial charge >= 0.3 is 0 Å². The molecule has 2 amide bonds. The minimum atomic E-state index is -0.366. The quantitative estimate of drug-likeness (QED) is 0.782. The van der Waals surface area contributed by atoms with Crippen LogP contribution in [0.1, 0.15) is 37.5 Å². The lowest BCUT2D eigenvalue weighted by Crippen LogP contribution is -2.17. The third kappa shape index (κ3) is 4.35. The number of carbonyl (C=O) groups is 2. The van der Waals surface area contributed by atoms with Crippen molar-refractivity contribution in [1.82, 2.24) is 5.32 Å². The number of ether oxygens (including phenoxy) is 1. The van der Waals surface area contributed by atoms with Crippen LogP contribution >= 0.6 is 11.8 Å². The SMILES string of the molecule is CC(C)(C)c1ccc(OCc2ccccc2)c(/C=C2\SC(=O)NC2=O)c1. The Balaban J connectivity index is 1.94. The maximum absolute atomic E-state index is 11.9. The van der Waals surface area contributed by atoms with E-state index in [4.69, 9.17) is 4.74 Å². The molecule has 2 aromatic carbocycles. The fourth-order valence-electron chi connectivity index (χ4n) is 2.56. The number of amides is 2. The van der Waals surface area contributed by atoms with Crippen LogP contribution in [0, 0.1) is 0 Å². The second kappa shape index (κ2) is 7.38. The third-order valence-electron chi connectivity index (χ3n) is 4.04. The van der Waals surface area contributed by atoms with Crippen molar-refractivity contribution in [1.29, 1.82) is 0 Å².